The lowest BCUT2D eigenvalue weighted by molar-refractivity contribution is -0.139. The summed E-state index contributed by atoms with van der Waals surface area (Å²) in [6.45, 7) is 2.56. The molecule has 0 saturated carbocycles. The maximum absolute atomic E-state index is 11.1. The summed E-state index contributed by atoms with van der Waals surface area (Å²) in [4.78, 5) is 14.8. The van der Waals surface area contributed by atoms with Gasteiger partial charge in [-0.3, -0.25) is 9.78 Å². The number of carbonyl (C=O) groups excluding carboxylic acids is 1. The molecule has 0 spiro atoms. The summed E-state index contributed by atoms with van der Waals surface area (Å²) >= 11 is 3.26. The summed E-state index contributed by atoms with van der Waals surface area (Å²) in [5, 5.41) is 3.24. The third kappa shape index (κ3) is 3.90. The van der Waals surface area contributed by atoms with Gasteiger partial charge in [0.1, 0.15) is 4.83 Å². The molecule has 1 heterocycles. The van der Waals surface area contributed by atoms with Crippen LogP contribution in [0.2, 0.25) is 0 Å². The zero-order chi connectivity index (χ0) is 12.0. The van der Waals surface area contributed by atoms with E-state index in [0.717, 1.165) is 5.56 Å². The predicted octanol–water partition coefficient (Wildman–Crippen LogP) is 1.67. The van der Waals surface area contributed by atoms with Gasteiger partial charge in [0.25, 0.3) is 0 Å². The number of aromatic nitrogens is 1. The molecule has 2 atom stereocenters. The Morgan fingerprint density at radius 2 is 2.19 bits per heavy atom. The maximum Gasteiger partial charge on any atom is 0.320 e. The normalized spacial score (nSPS) is 14.2. The Labute approximate surface area is 104 Å². The molecule has 0 saturated heterocycles. The molecule has 2 unspecified atom stereocenters. The van der Waals surface area contributed by atoms with Crippen molar-refractivity contribution in [3.63, 3.8) is 0 Å². The van der Waals surface area contributed by atoms with Gasteiger partial charge in [-0.15, -0.1) is 0 Å². The lowest BCUT2D eigenvalue weighted by atomic mass is 10.1. The van der Waals surface area contributed by atoms with Crippen molar-refractivity contribution < 1.29 is 9.53 Å². The number of nitrogens with one attached hydrogen (secondary N) is 1. The van der Waals surface area contributed by atoms with Gasteiger partial charge in [0.15, 0.2) is 0 Å². The number of methoxy groups -OCH3 is 1. The lowest BCUT2D eigenvalue weighted by Gasteiger charge is -2.15. The Balaban J connectivity index is 2.41. The molecule has 0 aromatic carbocycles. The van der Waals surface area contributed by atoms with Gasteiger partial charge < -0.3 is 10.1 Å². The Hall–Kier alpha value is -0.940. The topological polar surface area (TPSA) is 51.2 Å². The number of ether oxygens (including phenoxy) is 1. The summed E-state index contributed by atoms with van der Waals surface area (Å²) in [7, 11) is 1.38. The highest BCUT2D eigenvalue weighted by Gasteiger charge is 2.16. The summed E-state index contributed by atoms with van der Waals surface area (Å²) in [5.74, 6) is -0.269. The van der Waals surface area contributed by atoms with Gasteiger partial charge in [-0.2, -0.15) is 0 Å². The van der Waals surface area contributed by atoms with Gasteiger partial charge in [0, 0.05) is 25.0 Å². The molecule has 88 valence electrons. The molecule has 0 radical (unpaired) electrons. The van der Waals surface area contributed by atoms with Crippen LogP contribution in [0.15, 0.2) is 24.5 Å². The van der Waals surface area contributed by atoms with E-state index in [1.807, 2.05) is 19.1 Å². The lowest BCUT2D eigenvalue weighted by Crippen LogP contribution is -2.31. The van der Waals surface area contributed by atoms with Crippen LogP contribution in [0.5, 0.6) is 0 Å². The Morgan fingerprint density at radius 1 is 1.56 bits per heavy atom. The predicted molar refractivity (Wildman–Crippen MR) is 65.4 cm³/mol. The summed E-state index contributed by atoms with van der Waals surface area (Å²) < 4.78 is 4.61. The van der Waals surface area contributed by atoms with Gasteiger partial charge in [-0.1, -0.05) is 15.9 Å². The van der Waals surface area contributed by atoms with E-state index in [4.69, 9.17) is 0 Å². The number of hydrogen-bond acceptors (Lipinski definition) is 4. The smallest absolute Gasteiger partial charge is 0.320 e. The molecule has 0 aliphatic rings. The molecule has 0 amide bonds. The fraction of sp³-hybridized carbons (Fsp3) is 0.455. The number of rotatable bonds is 5. The molecule has 0 fully saturated rings. The van der Waals surface area contributed by atoms with Crippen molar-refractivity contribution in [2.75, 3.05) is 13.7 Å². The van der Waals surface area contributed by atoms with Gasteiger partial charge >= 0.3 is 5.97 Å². The van der Waals surface area contributed by atoms with Crippen LogP contribution in [0.1, 0.15) is 18.5 Å². The minimum Gasteiger partial charge on any atom is -0.468 e. The van der Waals surface area contributed by atoms with Crippen LogP contribution in [-0.2, 0) is 9.53 Å². The molecule has 0 aliphatic heterocycles. The molecule has 0 aliphatic carbocycles. The molecule has 0 bridgehead atoms. The number of halogens is 1. The first-order chi connectivity index (χ1) is 7.65. The van der Waals surface area contributed by atoms with E-state index in [-0.39, 0.29) is 16.8 Å². The van der Waals surface area contributed by atoms with Crippen molar-refractivity contribution in [1.29, 1.82) is 0 Å². The van der Waals surface area contributed by atoms with Crippen molar-refractivity contribution in [3.05, 3.63) is 30.1 Å². The average Bonchev–Trinajstić information content (AvgIpc) is 2.35. The number of carbonyl (C=O) groups is 1. The third-order valence-electron chi connectivity index (χ3n) is 2.27. The van der Waals surface area contributed by atoms with Crippen molar-refractivity contribution in [1.82, 2.24) is 10.3 Å². The molecule has 1 aromatic heterocycles. The van der Waals surface area contributed by atoms with Crippen molar-refractivity contribution in [2.24, 2.45) is 0 Å². The molecule has 5 heteroatoms. The van der Waals surface area contributed by atoms with Crippen molar-refractivity contribution in [3.8, 4) is 0 Å². The van der Waals surface area contributed by atoms with E-state index in [0.29, 0.717) is 6.54 Å². The molecule has 1 rings (SSSR count). The highest BCUT2D eigenvalue weighted by atomic mass is 79.9. The molecule has 16 heavy (non-hydrogen) atoms. The number of pyridine rings is 1. The van der Waals surface area contributed by atoms with Gasteiger partial charge in [-0.25, -0.2) is 0 Å². The highest BCUT2D eigenvalue weighted by molar-refractivity contribution is 9.10. The van der Waals surface area contributed by atoms with E-state index < -0.39 is 0 Å². The summed E-state index contributed by atoms with van der Waals surface area (Å²) in [5.41, 5.74) is 1.14. The summed E-state index contributed by atoms with van der Waals surface area (Å²) in [6.07, 6.45) is 3.50. The van der Waals surface area contributed by atoms with E-state index in [1.54, 1.807) is 12.4 Å². The zero-order valence-electron chi connectivity index (χ0n) is 9.31. The fourth-order valence-electron chi connectivity index (χ4n) is 1.26. The zero-order valence-corrected chi connectivity index (χ0v) is 10.9. The Bertz CT molecular complexity index is 332. The minimum absolute atomic E-state index is 0.174. The second kappa shape index (κ2) is 6.60. The van der Waals surface area contributed by atoms with E-state index in [9.17, 15) is 4.79 Å². The van der Waals surface area contributed by atoms with Crippen molar-refractivity contribution >= 4 is 21.9 Å². The van der Waals surface area contributed by atoms with Crippen molar-refractivity contribution in [2.45, 2.75) is 17.8 Å². The van der Waals surface area contributed by atoms with Crippen LogP contribution >= 0.6 is 15.9 Å². The molecular weight excluding hydrogens is 272 g/mol. The molecule has 4 nitrogen and oxygen atoms in total. The molecule has 1 N–H and O–H groups in total. The minimum atomic E-state index is -0.318. The Morgan fingerprint density at radius 3 is 2.75 bits per heavy atom. The second-order valence-electron chi connectivity index (χ2n) is 3.40. The maximum atomic E-state index is 11.1. The van der Waals surface area contributed by atoms with E-state index >= 15 is 0 Å². The van der Waals surface area contributed by atoms with E-state index in [2.05, 4.69) is 31.0 Å². The number of esters is 1. The Kier molecular flexibility index (Phi) is 5.42. The number of alkyl halides is 1. The van der Waals surface area contributed by atoms with Gasteiger partial charge in [-0.05, 0) is 24.6 Å². The first-order valence-corrected chi connectivity index (χ1v) is 5.92. The number of nitrogens with zero attached hydrogens (tertiary/aromatic N) is 1. The largest absolute Gasteiger partial charge is 0.468 e. The number of hydrogen-bond donors (Lipinski definition) is 1. The van der Waals surface area contributed by atoms with Gasteiger partial charge in [0.05, 0.1) is 7.11 Å². The first kappa shape index (κ1) is 13.1. The highest BCUT2D eigenvalue weighted by Crippen LogP contribution is 2.11. The van der Waals surface area contributed by atoms with Crippen LogP contribution in [0.4, 0.5) is 0 Å². The fourth-order valence-corrected chi connectivity index (χ4v) is 1.64. The first-order valence-electron chi connectivity index (χ1n) is 5.00. The summed E-state index contributed by atoms with van der Waals surface area (Å²) in [6, 6.07) is 4.06. The van der Waals surface area contributed by atoms with Crippen LogP contribution in [0.25, 0.3) is 0 Å². The third-order valence-corrected chi connectivity index (χ3v) is 2.96. The molecular formula is C11H15BrN2O2. The van der Waals surface area contributed by atoms with Crippen LogP contribution in [-0.4, -0.2) is 29.4 Å². The monoisotopic (exact) mass is 286 g/mol. The second-order valence-corrected chi connectivity index (χ2v) is 4.51. The van der Waals surface area contributed by atoms with Gasteiger partial charge in [0.2, 0.25) is 0 Å². The van der Waals surface area contributed by atoms with Crippen LogP contribution < -0.4 is 5.32 Å². The quantitative estimate of drug-likeness (QED) is 0.661. The molecule has 1 aromatic rings. The van der Waals surface area contributed by atoms with E-state index in [1.165, 1.54) is 7.11 Å². The SMILES string of the molecule is COC(=O)C(Br)CNC(C)c1ccncc1. The van der Waals surface area contributed by atoms with Crippen LogP contribution in [0.3, 0.4) is 0 Å². The van der Waals surface area contributed by atoms with Crippen LogP contribution in [0, 0.1) is 0 Å². The average molecular weight is 287 g/mol. The standard InChI is InChI=1S/C11H15BrN2O2/c1-8(9-3-5-13-6-4-9)14-7-10(12)11(15)16-2/h3-6,8,10,14H,7H2,1-2H3.